The molecule has 0 amide bonds. The van der Waals surface area contributed by atoms with E-state index < -0.39 is 28.7 Å². The molecular formula is C74H102N6O14Si2. The van der Waals surface area contributed by atoms with Gasteiger partial charge in [-0.3, -0.25) is 19.6 Å². The number of aryl methyl sites for hydroxylation is 2. The summed E-state index contributed by atoms with van der Waals surface area (Å²) in [5, 5.41) is 33.8. The number of phenols is 1. The molecule has 1 N–H and O–H groups in total. The summed E-state index contributed by atoms with van der Waals surface area (Å²) in [5.74, 6) is 6.43. The number of nitriles is 2. The van der Waals surface area contributed by atoms with Gasteiger partial charge in [0.25, 0.3) is 0 Å². The maximum absolute atomic E-state index is 11.7. The minimum atomic E-state index is -2.22. The molecule has 22 heteroatoms. The first-order chi connectivity index (χ1) is 45.6. The lowest BCUT2D eigenvalue weighted by molar-refractivity contribution is -0.0825. The summed E-state index contributed by atoms with van der Waals surface area (Å²) in [5.41, 5.74) is 11.9. The highest BCUT2D eigenvalue weighted by atomic mass is 28.4. The molecule has 520 valence electrons. The van der Waals surface area contributed by atoms with E-state index in [2.05, 4.69) is 139 Å². The Bertz CT molecular complexity index is 3740. The van der Waals surface area contributed by atoms with Crippen molar-refractivity contribution in [1.29, 1.82) is 10.5 Å². The van der Waals surface area contributed by atoms with Crippen LogP contribution in [0.1, 0.15) is 132 Å². The number of phenolic OH excluding ortho intramolecular Hbond substituents is 1. The standard InChI is InChI=1S/C39H55N3O8Si.C35H47N3O6Si/c1-12-13-46-35-24(3)36-38(49-22-48-36)32-26(35)18-28-33-31-25(16-23(2)34(44-9)37(31)47-21-45-15-14-43-8)17-27(41(33)7)29(19-40)42(28)30(32)20-50-51(10,11)39(4,5)6;1-11-12-41-32-20(3)33-34(43-18-42-33)28-22(32)15-24-29-27-21(13-19(2)31(40-8)30(27)39)14-23(37(29)7)25(16-36)38(24)26(28)17-44-45(9,10)35(4,5)6/h12,16,27-30,33H,1,13-15,17-18,20-22H2,2-11H3;11,13,23-26,29,39H,1,12,14-15,17-18H2,2-10H3/t27-,28?,29-,30-,33-;23-,24?,25-,26-,29-/m00/s1. The average molecular weight is 1360 g/mol. The molecule has 0 radical (unpaired) electrons. The van der Waals surface area contributed by atoms with Crippen LogP contribution >= 0.6 is 0 Å². The van der Waals surface area contributed by atoms with Gasteiger partial charge >= 0.3 is 0 Å². The van der Waals surface area contributed by atoms with Gasteiger partial charge in [0.1, 0.15) is 36.8 Å². The maximum atomic E-state index is 11.7. The molecule has 96 heavy (non-hydrogen) atoms. The molecule has 8 aliphatic heterocycles. The number of ether oxygens (including phenoxy) is 11. The second kappa shape index (κ2) is 27.3. The number of likely N-dealkylation sites (N-methyl/N-ethyl adjacent to an activating group) is 2. The average Bonchev–Trinajstić information content (AvgIpc) is 0.848. The van der Waals surface area contributed by atoms with Crippen molar-refractivity contribution in [3.05, 3.63) is 104 Å². The van der Waals surface area contributed by atoms with E-state index in [0.717, 1.165) is 89.8 Å². The Kier molecular flexibility index (Phi) is 20.1. The molecule has 8 aliphatic rings. The fraction of sp³-hybridized carbons (Fsp3) is 0.595. The van der Waals surface area contributed by atoms with Gasteiger partial charge in [-0.05, 0) is 126 Å². The molecule has 0 saturated carbocycles. The van der Waals surface area contributed by atoms with Crippen LogP contribution in [0.4, 0.5) is 0 Å². The minimum Gasteiger partial charge on any atom is -0.504 e. The maximum Gasteiger partial charge on any atom is 0.231 e. The zero-order chi connectivity index (χ0) is 69.4. The van der Waals surface area contributed by atoms with Gasteiger partial charge < -0.3 is 66.1 Å². The van der Waals surface area contributed by atoms with Crippen molar-refractivity contribution in [2.45, 2.75) is 192 Å². The predicted octanol–water partition coefficient (Wildman–Crippen LogP) is 12.5. The third-order valence-electron chi connectivity index (χ3n) is 22.7. The number of fused-ring (bicyclic) bond motifs is 18. The van der Waals surface area contributed by atoms with Gasteiger partial charge in [-0.2, -0.15) is 10.5 Å². The Labute approximate surface area is 571 Å². The lowest BCUT2D eigenvalue weighted by Gasteiger charge is -2.60. The molecule has 2 fully saturated rings. The van der Waals surface area contributed by atoms with Crippen LogP contribution in [0.2, 0.25) is 36.3 Å². The van der Waals surface area contributed by atoms with Crippen LogP contribution in [0, 0.1) is 50.4 Å². The van der Waals surface area contributed by atoms with Gasteiger partial charge in [0.2, 0.25) is 13.6 Å². The summed E-state index contributed by atoms with van der Waals surface area (Å²) in [6.07, 6.45) is 6.03. The van der Waals surface area contributed by atoms with Crippen LogP contribution in [0.3, 0.4) is 0 Å². The Balaban J connectivity index is 0.000000197. The molecule has 12 rings (SSSR count). The van der Waals surface area contributed by atoms with E-state index in [1.165, 1.54) is 0 Å². The van der Waals surface area contributed by atoms with Crippen LogP contribution in [-0.4, -0.2) is 173 Å². The Morgan fingerprint density at radius 2 is 1.00 bits per heavy atom. The van der Waals surface area contributed by atoms with E-state index in [-0.39, 0.29) is 84.5 Å². The largest absolute Gasteiger partial charge is 0.504 e. The number of nitrogens with zero attached hydrogens (tertiary/aromatic N) is 6. The summed E-state index contributed by atoms with van der Waals surface area (Å²) < 4.78 is 80.9. The minimum absolute atomic E-state index is 0.00334. The molecule has 2 unspecified atom stereocenters. The number of piperazine rings is 2. The molecule has 0 spiro atoms. The number of hydrogen-bond donors (Lipinski definition) is 1. The summed E-state index contributed by atoms with van der Waals surface area (Å²) >= 11 is 0. The van der Waals surface area contributed by atoms with Crippen LogP contribution < -0.4 is 42.6 Å². The lowest BCUT2D eigenvalue weighted by atomic mass is 9.71. The number of methoxy groups -OCH3 is 3. The second-order valence-electron chi connectivity index (χ2n) is 30.0. The molecule has 8 heterocycles. The Morgan fingerprint density at radius 1 is 0.573 bits per heavy atom. The normalized spacial score (nSPS) is 24.7. The first kappa shape index (κ1) is 70.8. The molecule has 4 aromatic rings. The molecule has 4 aromatic carbocycles. The van der Waals surface area contributed by atoms with E-state index in [9.17, 15) is 15.6 Å². The molecule has 2 saturated heterocycles. The summed E-state index contributed by atoms with van der Waals surface area (Å²) in [6.45, 7) is 41.1. The van der Waals surface area contributed by atoms with E-state index in [1.54, 1.807) is 33.5 Å². The van der Waals surface area contributed by atoms with Gasteiger partial charge in [0.05, 0.1) is 77.0 Å². The highest BCUT2D eigenvalue weighted by Crippen LogP contribution is 2.62. The number of benzene rings is 4. The van der Waals surface area contributed by atoms with Gasteiger partial charge in [-0.15, -0.1) is 0 Å². The number of hydrogen-bond acceptors (Lipinski definition) is 20. The van der Waals surface area contributed by atoms with Crippen LogP contribution in [-0.2, 0) is 44.0 Å². The van der Waals surface area contributed by atoms with Crippen molar-refractivity contribution >= 4 is 16.6 Å². The third kappa shape index (κ3) is 11.9. The summed E-state index contributed by atoms with van der Waals surface area (Å²) in [7, 11) is 4.75. The van der Waals surface area contributed by atoms with Crippen molar-refractivity contribution in [2.24, 2.45) is 0 Å². The molecule has 20 nitrogen and oxygen atoms in total. The SMILES string of the molecule is C=CCOc1c(C)c2c(c3c1CC1[C@H]4c5c(cc(C)c(OC)c5O)C[C@@H]([C@H](C#N)N1[C@H]3CO[Si](C)(C)C(C)(C)C)N4C)OCO2.C=CCOc1c(C)c2c(c3c1CC1[C@H]4c5c(cc(C)c(OC)c5OCOCCOC)C[C@@H]([C@H](C#N)N1[C@H]3CO[Si](C)(C)C(C)(C)C)N4C)OCO2. The van der Waals surface area contributed by atoms with Gasteiger partial charge in [0.15, 0.2) is 69.4 Å². The van der Waals surface area contributed by atoms with Gasteiger partial charge in [-0.1, -0.05) is 79.0 Å². The lowest BCUT2D eigenvalue weighted by Crippen LogP contribution is -2.68. The van der Waals surface area contributed by atoms with Crippen molar-refractivity contribution < 1.29 is 66.1 Å². The van der Waals surface area contributed by atoms with Gasteiger partial charge in [-0.25, -0.2) is 0 Å². The smallest absolute Gasteiger partial charge is 0.231 e. The Morgan fingerprint density at radius 3 is 1.42 bits per heavy atom. The first-order valence-corrected chi connectivity index (χ1v) is 39.6. The zero-order valence-corrected chi connectivity index (χ0v) is 62.1. The van der Waals surface area contributed by atoms with E-state index in [4.69, 9.17) is 61.0 Å². The topological polar surface area (TPSA) is 201 Å². The second-order valence-corrected chi connectivity index (χ2v) is 39.6. The van der Waals surface area contributed by atoms with E-state index in [0.29, 0.717) is 94.1 Å². The highest BCUT2D eigenvalue weighted by Gasteiger charge is 2.60. The van der Waals surface area contributed by atoms with Crippen molar-refractivity contribution in [3.63, 3.8) is 0 Å². The fourth-order valence-electron chi connectivity index (χ4n) is 16.1. The molecule has 0 aliphatic carbocycles. The van der Waals surface area contributed by atoms with Crippen molar-refractivity contribution in [3.8, 4) is 69.6 Å². The summed E-state index contributed by atoms with van der Waals surface area (Å²) in [4.78, 5) is 9.47. The number of aromatic hydroxyl groups is 1. The first-order valence-electron chi connectivity index (χ1n) is 33.8. The zero-order valence-electron chi connectivity index (χ0n) is 60.1. The van der Waals surface area contributed by atoms with Crippen LogP contribution in [0.15, 0.2) is 37.4 Å². The monoisotopic (exact) mass is 1350 g/mol. The molecule has 0 aromatic heterocycles. The van der Waals surface area contributed by atoms with E-state index >= 15 is 0 Å². The molecule has 10 atom stereocenters. The van der Waals surface area contributed by atoms with E-state index in [1.807, 2.05) is 27.7 Å². The third-order valence-corrected chi connectivity index (χ3v) is 31.7. The van der Waals surface area contributed by atoms with Crippen LogP contribution in [0.5, 0.6) is 57.5 Å². The fourth-order valence-corrected chi connectivity index (χ4v) is 18.1. The summed E-state index contributed by atoms with van der Waals surface area (Å²) in [6, 6.07) is 7.58. The molecular weight excluding hydrogens is 1250 g/mol. The quantitative estimate of drug-likeness (QED) is 0.0378. The predicted molar refractivity (Wildman–Crippen MR) is 372 cm³/mol. The van der Waals surface area contributed by atoms with Gasteiger partial charge in [0, 0.05) is 75.8 Å². The van der Waals surface area contributed by atoms with Crippen molar-refractivity contribution in [2.75, 3.05) is 95.4 Å². The number of rotatable bonds is 20. The highest BCUT2D eigenvalue weighted by molar-refractivity contribution is 6.74. The van der Waals surface area contributed by atoms with Crippen LogP contribution in [0.25, 0.3) is 0 Å². The Hall–Kier alpha value is -6.55. The molecule has 4 bridgehead atoms. The van der Waals surface area contributed by atoms with Crippen molar-refractivity contribution in [1.82, 2.24) is 19.6 Å².